The molecule has 3 unspecified atom stereocenters. The average Bonchev–Trinajstić information content (AvgIpc) is 2.90. The monoisotopic (exact) mass is 257 g/mol. The van der Waals surface area contributed by atoms with Gasteiger partial charge in [0, 0.05) is 12.1 Å². The van der Waals surface area contributed by atoms with E-state index < -0.39 is 0 Å². The number of hydrogen-bond donors (Lipinski definition) is 2. The summed E-state index contributed by atoms with van der Waals surface area (Å²) in [6, 6.07) is 0. The third-order valence-corrected chi connectivity index (χ3v) is 4.20. The van der Waals surface area contributed by atoms with Gasteiger partial charge in [-0.05, 0) is 45.1 Å². The summed E-state index contributed by atoms with van der Waals surface area (Å²) in [5.74, 6) is 0. The molecule has 4 heteroatoms. The number of hydrogen-bond acceptors (Lipinski definition) is 4. The molecule has 0 aromatic carbocycles. The second kappa shape index (κ2) is 6.85. The lowest BCUT2D eigenvalue weighted by molar-refractivity contribution is -0.0538. The van der Waals surface area contributed by atoms with E-state index in [4.69, 9.17) is 9.47 Å². The van der Waals surface area contributed by atoms with Gasteiger partial charge in [-0.25, -0.2) is 0 Å². The Bertz CT molecular complexity index is 239. The molecule has 0 radical (unpaired) electrons. The first-order chi connectivity index (χ1) is 8.78. The van der Waals surface area contributed by atoms with E-state index >= 15 is 0 Å². The number of nitrogens with one attached hydrogen (secondary N) is 1. The van der Waals surface area contributed by atoms with Crippen LogP contribution in [0.15, 0.2) is 0 Å². The van der Waals surface area contributed by atoms with Gasteiger partial charge in [0.2, 0.25) is 0 Å². The maximum absolute atomic E-state index is 9.63. The minimum absolute atomic E-state index is 0.117. The Morgan fingerprint density at radius 2 is 2.28 bits per heavy atom. The van der Waals surface area contributed by atoms with Gasteiger partial charge in [-0.3, -0.25) is 0 Å². The van der Waals surface area contributed by atoms with Gasteiger partial charge < -0.3 is 19.9 Å². The highest BCUT2D eigenvalue weighted by atomic mass is 16.5. The molecule has 2 aliphatic rings. The third-order valence-electron chi connectivity index (χ3n) is 4.20. The van der Waals surface area contributed by atoms with E-state index in [2.05, 4.69) is 12.2 Å². The van der Waals surface area contributed by atoms with Gasteiger partial charge in [0.25, 0.3) is 0 Å². The normalized spacial score (nSPS) is 37.0. The van der Waals surface area contributed by atoms with E-state index in [1.165, 1.54) is 0 Å². The van der Waals surface area contributed by atoms with E-state index in [1.807, 2.05) is 0 Å². The van der Waals surface area contributed by atoms with Crippen LogP contribution in [0.5, 0.6) is 0 Å². The minimum atomic E-state index is -0.117. The molecule has 18 heavy (non-hydrogen) atoms. The van der Waals surface area contributed by atoms with E-state index in [0.29, 0.717) is 6.10 Å². The molecule has 0 spiro atoms. The predicted octanol–water partition coefficient (Wildman–Crippen LogP) is 1.47. The molecule has 2 rings (SSSR count). The number of aliphatic hydroxyl groups excluding tert-OH is 1. The first-order valence-electron chi connectivity index (χ1n) is 7.37. The van der Waals surface area contributed by atoms with Crippen molar-refractivity contribution in [1.29, 1.82) is 0 Å². The predicted molar refractivity (Wildman–Crippen MR) is 70.7 cm³/mol. The molecule has 1 heterocycles. The standard InChI is InChI=1S/C14H27NO3/c1-2-15-14(11-16)7-3-5-12(9-14)18-10-13-6-4-8-17-13/h12-13,15-16H,2-11H2,1H3. The van der Waals surface area contributed by atoms with Gasteiger partial charge in [0.15, 0.2) is 0 Å². The second-order valence-corrected chi connectivity index (χ2v) is 5.66. The zero-order chi connectivity index (χ0) is 12.8. The summed E-state index contributed by atoms with van der Waals surface area (Å²) in [5.41, 5.74) is -0.117. The fraction of sp³-hybridized carbons (Fsp3) is 1.00. The van der Waals surface area contributed by atoms with Crippen molar-refractivity contribution in [1.82, 2.24) is 5.32 Å². The Labute approximate surface area is 110 Å². The van der Waals surface area contributed by atoms with E-state index in [9.17, 15) is 5.11 Å². The van der Waals surface area contributed by atoms with Crippen molar-refractivity contribution < 1.29 is 14.6 Å². The van der Waals surface area contributed by atoms with Gasteiger partial charge in [-0.2, -0.15) is 0 Å². The van der Waals surface area contributed by atoms with Gasteiger partial charge in [0.05, 0.1) is 25.4 Å². The third kappa shape index (κ3) is 3.67. The smallest absolute Gasteiger partial charge is 0.0809 e. The Morgan fingerprint density at radius 3 is 2.94 bits per heavy atom. The molecule has 1 aliphatic carbocycles. The topological polar surface area (TPSA) is 50.7 Å². The van der Waals surface area contributed by atoms with Crippen LogP contribution in [0, 0.1) is 0 Å². The summed E-state index contributed by atoms with van der Waals surface area (Å²) in [4.78, 5) is 0. The molecule has 106 valence electrons. The largest absolute Gasteiger partial charge is 0.394 e. The fourth-order valence-corrected chi connectivity index (χ4v) is 3.20. The Morgan fingerprint density at radius 1 is 1.39 bits per heavy atom. The molecule has 0 aromatic heterocycles. The quantitative estimate of drug-likeness (QED) is 0.756. The second-order valence-electron chi connectivity index (χ2n) is 5.66. The number of aliphatic hydroxyl groups is 1. The Hall–Kier alpha value is -0.160. The summed E-state index contributed by atoms with van der Waals surface area (Å²) < 4.78 is 11.6. The van der Waals surface area contributed by atoms with Crippen molar-refractivity contribution in [3.8, 4) is 0 Å². The number of likely N-dealkylation sites (N-methyl/N-ethyl adjacent to an activating group) is 1. The molecule has 4 nitrogen and oxygen atoms in total. The maximum atomic E-state index is 9.63. The van der Waals surface area contributed by atoms with Crippen molar-refractivity contribution in [3.05, 3.63) is 0 Å². The number of rotatable bonds is 6. The van der Waals surface area contributed by atoms with Gasteiger partial charge in [-0.15, -0.1) is 0 Å². The molecule has 1 aliphatic heterocycles. The molecule has 3 atom stereocenters. The molecular formula is C14H27NO3. The molecule has 0 aromatic rings. The lowest BCUT2D eigenvalue weighted by atomic mass is 9.80. The van der Waals surface area contributed by atoms with Crippen molar-refractivity contribution in [2.24, 2.45) is 0 Å². The first-order valence-corrected chi connectivity index (χ1v) is 7.37. The van der Waals surface area contributed by atoms with Crippen LogP contribution < -0.4 is 5.32 Å². The van der Waals surface area contributed by atoms with E-state index in [-0.39, 0.29) is 18.2 Å². The van der Waals surface area contributed by atoms with Crippen LogP contribution in [-0.4, -0.2) is 49.2 Å². The van der Waals surface area contributed by atoms with Crippen molar-refractivity contribution in [2.75, 3.05) is 26.4 Å². The van der Waals surface area contributed by atoms with Crippen molar-refractivity contribution >= 4 is 0 Å². The van der Waals surface area contributed by atoms with Gasteiger partial charge in [-0.1, -0.05) is 6.92 Å². The summed E-state index contributed by atoms with van der Waals surface area (Å²) >= 11 is 0. The van der Waals surface area contributed by atoms with Crippen LogP contribution in [0.4, 0.5) is 0 Å². The van der Waals surface area contributed by atoms with Gasteiger partial charge in [0.1, 0.15) is 0 Å². The highest BCUT2D eigenvalue weighted by Gasteiger charge is 2.35. The minimum Gasteiger partial charge on any atom is -0.394 e. The first kappa shape index (κ1) is 14.3. The van der Waals surface area contributed by atoms with E-state index in [1.54, 1.807) is 0 Å². The van der Waals surface area contributed by atoms with Crippen LogP contribution in [0.25, 0.3) is 0 Å². The van der Waals surface area contributed by atoms with Gasteiger partial charge >= 0.3 is 0 Å². The molecule has 0 bridgehead atoms. The lowest BCUT2D eigenvalue weighted by Gasteiger charge is -2.40. The Kier molecular flexibility index (Phi) is 5.42. The van der Waals surface area contributed by atoms with Crippen LogP contribution in [0.3, 0.4) is 0 Å². The van der Waals surface area contributed by atoms with Crippen molar-refractivity contribution in [3.63, 3.8) is 0 Å². The van der Waals surface area contributed by atoms with Crippen LogP contribution in [0.2, 0.25) is 0 Å². The molecule has 0 amide bonds. The van der Waals surface area contributed by atoms with E-state index in [0.717, 1.165) is 58.3 Å². The zero-order valence-corrected chi connectivity index (χ0v) is 11.5. The number of ether oxygens (including phenoxy) is 2. The Balaban J connectivity index is 1.78. The average molecular weight is 257 g/mol. The lowest BCUT2D eigenvalue weighted by Crippen LogP contribution is -2.53. The highest BCUT2D eigenvalue weighted by molar-refractivity contribution is 4.93. The maximum Gasteiger partial charge on any atom is 0.0809 e. The van der Waals surface area contributed by atoms with Crippen LogP contribution in [0.1, 0.15) is 45.4 Å². The fourth-order valence-electron chi connectivity index (χ4n) is 3.20. The summed E-state index contributed by atoms with van der Waals surface area (Å²) in [7, 11) is 0. The summed E-state index contributed by atoms with van der Waals surface area (Å²) in [5, 5.41) is 13.1. The molecule has 1 saturated carbocycles. The van der Waals surface area contributed by atoms with Crippen molar-refractivity contribution in [2.45, 2.75) is 63.2 Å². The molecule has 2 fully saturated rings. The molecular weight excluding hydrogens is 230 g/mol. The highest BCUT2D eigenvalue weighted by Crippen LogP contribution is 2.30. The van der Waals surface area contributed by atoms with Crippen LogP contribution in [-0.2, 0) is 9.47 Å². The summed E-state index contributed by atoms with van der Waals surface area (Å²) in [6.07, 6.45) is 7.08. The molecule has 1 saturated heterocycles. The molecule has 2 N–H and O–H groups in total. The van der Waals surface area contributed by atoms with Crippen LogP contribution >= 0.6 is 0 Å². The zero-order valence-electron chi connectivity index (χ0n) is 11.5. The summed E-state index contributed by atoms with van der Waals surface area (Å²) in [6.45, 7) is 4.81. The SMILES string of the molecule is CCNC1(CO)CCCC(OCC2CCCO2)C1.